The largest absolute Gasteiger partial charge is 0.356 e. The van der Waals surface area contributed by atoms with Crippen LogP contribution in [0.5, 0.6) is 0 Å². The van der Waals surface area contributed by atoms with Crippen LogP contribution >= 0.6 is 0 Å². The summed E-state index contributed by atoms with van der Waals surface area (Å²) in [5.41, 5.74) is 0.0566. The van der Waals surface area contributed by atoms with Gasteiger partial charge in [0.2, 0.25) is 5.91 Å². The molecule has 28 heavy (non-hydrogen) atoms. The van der Waals surface area contributed by atoms with E-state index in [4.69, 9.17) is 0 Å². The lowest BCUT2D eigenvalue weighted by atomic mass is 9.97. The first-order chi connectivity index (χ1) is 13.4. The predicted octanol–water partition coefficient (Wildman–Crippen LogP) is 2.75. The molecule has 0 radical (unpaired) electrons. The summed E-state index contributed by atoms with van der Waals surface area (Å²) in [5.74, 6) is 0.716. The van der Waals surface area contributed by atoms with Gasteiger partial charge < -0.3 is 10.2 Å². The maximum absolute atomic E-state index is 13.5. The number of anilines is 1. The number of carbonyl (C=O) groups excluding carboxylic acids is 1. The highest BCUT2D eigenvalue weighted by atomic mass is 19.1. The number of aromatic nitrogens is 2. The van der Waals surface area contributed by atoms with Crippen molar-refractivity contribution in [3.8, 4) is 5.69 Å². The van der Waals surface area contributed by atoms with Gasteiger partial charge in [-0.3, -0.25) is 9.59 Å². The Morgan fingerprint density at radius 2 is 2.14 bits per heavy atom. The maximum Gasteiger partial charge on any atom is 0.271 e. The zero-order valence-corrected chi connectivity index (χ0v) is 16.4. The molecule has 7 heteroatoms. The third kappa shape index (κ3) is 4.97. The number of halogens is 1. The van der Waals surface area contributed by atoms with Crippen LogP contribution in [-0.2, 0) is 4.79 Å². The molecule has 0 aliphatic carbocycles. The second-order valence-corrected chi connectivity index (χ2v) is 7.68. The van der Waals surface area contributed by atoms with Crippen LogP contribution in [0.15, 0.2) is 41.2 Å². The third-order valence-electron chi connectivity index (χ3n) is 4.98. The highest BCUT2D eigenvalue weighted by Crippen LogP contribution is 2.21. The van der Waals surface area contributed by atoms with Crippen molar-refractivity contribution in [1.29, 1.82) is 0 Å². The lowest BCUT2D eigenvalue weighted by molar-refractivity contribution is -0.125. The first-order valence-corrected chi connectivity index (χ1v) is 9.83. The second kappa shape index (κ2) is 8.99. The molecule has 3 rings (SSSR count). The summed E-state index contributed by atoms with van der Waals surface area (Å²) in [6.45, 7) is 6.28. The highest BCUT2D eigenvalue weighted by Gasteiger charge is 2.26. The van der Waals surface area contributed by atoms with Gasteiger partial charge >= 0.3 is 0 Å². The number of carbonyl (C=O) groups is 1. The molecule has 1 N–H and O–H groups in total. The van der Waals surface area contributed by atoms with Gasteiger partial charge in [-0.2, -0.15) is 4.68 Å². The second-order valence-electron chi connectivity index (χ2n) is 7.68. The van der Waals surface area contributed by atoms with E-state index in [1.165, 1.54) is 22.9 Å². The zero-order valence-electron chi connectivity index (χ0n) is 16.4. The van der Waals surface area contributed by atoms with Gasteiger partial charge in [-0.05, 0) is 49.4 Å². The summed E-state index contributed by atoms with van der Waals surface area (Å²) in [7, 11) is 0. The van der Waals surface area contributed by atoms with Crippen molar-refractivity contribution in [2.45, 2.75) is 33.1 Å². The molecule has 1 amide bonds. The normalized spacial score (nSPS) is 17.0. The van der Waals surface area contributed by atoms with Gasteiger partial charge in [-0.15, -0.1) is 5.10 Å². The molecule has 2 heterocycles. The average molecular weight is 386 g/mol. The minimum atomic E-state index is -0.423. The van der Waals surface area contributed by atoms with Gasteiger partial charge in [0.25, 0.3) is 5.56 Å². The number of nitrogens with one attached hydrogen (secondary N) is 1. The summed E-state index contributed by atoms with van der Waals surface area (Å²) in [6, 6.07) is 8.88. The Bertz CT molecular complexity index is 881. The minimum absolute atomic E-state index is 0.0730. The number of benzene rings is 1. The van der Waals surface area contributed by atoms with Crippen molar-refractivity contribution in [1.82, 2.24) is 15.1 Å². The Balaban J connectivity index is 1.73. The quantitative estimate of drug-likeness (QED) is 0.829. The van der Waals surface area contributed by atoms with Crippen molar-refractivity contribution in [2.24, 2.45) is 11.8 Å². The molecular weight excluding hydrogens is 359 g/mol. The lowest BCUT2D eigenvalue weighted by Gasteiger charge is -2.33. The number of hydrogen-bond donors (Lipinski definition) is 1. The van der Waals surface area contributed by atoms with Gasteiger partial charge in [0.05, 0.1) is 11.6 Å². The van der Waals surface area contributed by atoms with E-state index >= 15 is 0 Å². The van der Waals surface area contributed by atoms with Crippen LogP contribution < -0.4 is 15.8 Å². The molecule has 1 aliphatic heterocycles. The van der Waals surface area contributed by atoms with Crippen LogP contribution in [0.2, 0.25) is 0 Å². The SMILES string of the molecule is CC(C)CCNC(=O)[C@H]1CCCN(c2ccc(=O)n(-c3cccc(F)c3)n2)C1. The van der Waals surface area contributed by atoms with Crippen molar-refractivity contribution in [2.75, 3.05) is 24.5 Å². The van der Waals surface area contributed by atoms with Crippen molar-refractivity contribution in [3.05, 3.63) is 52.6 Å². The average Bonchev–Trinajstić information content (AvgIpc) is 2.68. The fraction of sp³-hybridized carbons (Fsp3) is 0.476. The number of nitrogens with zero attached hydrogens (tertiary/aromatic N) is 3. The van der Waals surface area contributed by atoms with Gasteiger partial charge in [-0.25, -0.2) is 4.39 Å². The van der Waals surface area contributed by atoms with Crippen LogP contribution in [0.3, 0.4) is 0 Å². The molecule has 0 unspecified atom stereocenters. The maximum atomic E-state index is 13.5. The predicted molar refractivity (Wildman–Crippen MR) is 107 cm³/mol. The number of rotatable bonds is 6. The van der Waals surface area contributed by atoms with E-state index in [0.29, 0.717) is 30.5 Å². The topological polar surface area (TPSA) is 67.2 Å². The van der Waals surface area contributed by atoms with Crippen LogP contribution in [-0.4, -0.2) is 35.3 Å². The van der Waals surface area contributed by atoms with Crippen molar-refractivity contribution in [3.63, 3.8) is 0 Å². The molecule has 0 bridgehead atoms. The van der Waals surface area contributed by atoms with Crippen LogP contribution in [0.25, 0.3) is 5.69 Å². The molecule has 1 aromatic carbocycles. The van der Waals surface area contributed by atoms with Crippen LogP contribution in [0, 0.1) is 17.7 Å². The van der Waals surface area contributed by atoms with E-state index in [0.717, 1.165) is 25.8 Å². The summed E-state index contributed by atoms with van der Waals surface area (Å²) < 4.78 is 14.7. The number of piperidine rings is 1. The Hall–Kier alpha value is -2.70. The molecule has 2 aromatic rings. The third-order valence-corrected chi connectivity index (χ3v) is 4.98. The standard InChI is InChI=1S/C21H27FN4O2/c1-15(2)10-11-23-21(28)16-5-4-12-25(14-16)19-8-9-20(27)26(24-19)18-7-3-6-17(22)13-18/h3,6-9,13,15-16H,4-5,10-12,14H2,1-2H3,(H,23,28)/t16-/m0/s1. The number of amides is 1. The first kappa shape index (κ1) is 20.0. The molecule has 1 aliphatic rings. The van der Waals surface area contributed by atoms with Crippen molar-refractivity contribution >= 4 is 11.7 Å². The fourth-order valence-corrected chi connectivity index (χ4v) is 3.39. The van der Waals surface area contributed by atoms with Crippen LogP contribution in [0.1, 0.15) is 33.1 Å². The molecule has 1 aromatic heterocycles. The van der Waals surface area contributed by atoms with Crippen molar-refractivity contribution < 1.29 is 9.18 Å². The lowest BCUT2D eigenvalue weighted by Crippen LogP contribution is -2.44. The Morgan fingerprint density at radius 1 is 1.32 bits per heavy atom. The van der Waals surface area contributed by atoms with E-state index in [1.807, 2.05) is 4.90 Å². The molecular formula is C21H27FN4O2. The molecule has 1 atom stereocenters. The Kier molecular flexibility index (Phi) is 6.44. The van der Waals surface area contributed by atoms with E-state index in [-0.39, 0.29) is 17.4 Å². The summed E-state index contributed by atoms with van der Waals surface area (Å²) in [4.78, 5) is 26.7. The molecule has 150 valence electrons. The molecule has 1 fully saturated rings. The summed E-state index contributed by atoms with van der Waals surface area (Å²) in [5, 5.41) is 7.44. The van der Waals surface area contributed by atoms with E-state index < -0.39 is 5.82 Å². The molecule has 0 saturated carbocycles. The molecule has 1 saturated heterocycles. The Morgan fingerprint density at radius 3 is 2.89 bits per heavy atom. The first-order valence-electron chi connectivity index (χ1n) is 9.83. The Labute approximate surface area is 164 Å². The summed E-state index contributed by atoms with van der Waals surface area (Å²) in [6.07, 6.45) is 2.68. The smallest absolute Gasteiger partial charge is 0.271 e. The van der Waals surface area contributed by atoms with E-state index in [1.54, 1.807) is 18.2 Å². The van der Waals surface area contributed by atoms with E-state index in [2.05, 4.69) is 24.3 Å². The van der Waals surface area contributed by atoms with Gasteiger partial charge in [0.1, 0.15) is 11.6 Å². The van der Waals surface area contributed by atoms with Gasteiger partial charge in [0.15, 0.2) is 0 Å². The highest BCUT2D eigenvalue weighted by molar-refractivity contribution is 5.79. The monoisotopic (exact) mass is 386 g/mol. The minimum Gasteiger partial charge on any atom is -0.356 e. The number of hydrogen-bond acceptors (Lipinski definition) is 4. The zero-order chi connectivity index (χ0) is 20.1. The fourth-order valence-electron chi connectivity index (χ4n) is 3.39. The van der Waals surface area contributed by atoms with Gasteiger partial charge in [-0.1, -0.05) is 19.9 Å². The summed E-state index contributed by atoms with van der Waals surface area (Å²) >= 11 is 0. The molecule has 6 nitrogen and oxygen atoms in total. The van der Waals surface area contributed by atoms with E-state index in [9.17, 15) is 14.0 Å². The molecule has 0 spiro atoms. The van der Waals surface area contributed by atoms with Gasteiger partial charge in [0, 0.05) is 25.7 Å². The van der Waals surface area contributed by atoms with Crippen LogP contribution in [0.4, 0.5) is 10.2 Å².